The van der Waals surface area contributed by atoms with Gasteiger partial charge in [0.1, 0.15) is 5.69 Å². The number of hydrogen-bond donors (Lipinski definition) is 0. The Balaban J connectivity index is 2.57. The third-order valence-electron chi connectivity index (χ3n) is 3.37. The molecule has 0 fully saturated rings. The van der Waals surface area contributed by atoms with Crippen molar-refractivity contribution in [3.8, 4) is 0 Å². The highest BCUT2D eigenvalue weighted by Gasteiger charge is 2.25. The van der Waals surface area contributed by atoms with Crippen molar-refractivity contribution in [3.63, 3.8) is 0 Å². The van der Waals surface area contributed by atoms with Crippen LogP contribution in [-0.2, 0) is 0 Å². The Kier molecular flexibility index (Phi) is 4.30. The van der Waals surface area contributed by atoms with Crippen LogP contribution in [0.25, 0.3) is 0 Å². The first-order valence-corrected chi connectivity index (χ1v) is 6.37. The maximum atomic E-state index is 13.5. The molecule has 0 spiro atoms. The van der Waals surface area contributed by atoms with Gasteiger partial charge in [0.2, 0.25) is 5.82 Å². The van der Waals surface area contributed by atoms with Crippen molar-refractivity contribution in [2.45, 2.75) is 20.8 Å². The van der Waals surface area contributed by atoms with Gasteiger partial charge in [-0.1, -0.05) is 17.7 Å². The molecule has 0 atom stereocenters. The van der Waals surface area contributed by atoms with E-state index in [0.29, 0.717) is 5.56 Å². The molecular formula is C16H12F5N. The minimum absolute atomic E-state index is 0.543. The van der Waals surface area contributed by atoms with Crippen LogP contribution in [0.4, 0.5) is 27.6 Å². The average molecular weight is 313 g/mol. The summed E-state index contributed by atoms with van der Waals surface area (Å²) in [5.74, 6) is -10.1. The maximum absolute atomic E-state index is 13.5. The monoisotopic (exact) mass is 313 g/mol. The predicted octanol–water partition coefficient (Wildman–Crippen LogP) is 5.06. The highest BCUT2D eigenvalue weighted by atomic mass is 19.2. The Morgan fingerprint density at radius 2 is 1.27 bits per heavy atom. The summed E-state index contributed by atoms with van der Waals surface area (Å²) < 4.78 is 66.2. The molecule has 0 N–H and O–H groups in total. The topological polar surface area (TPSA) is 12.4 Å². The van der Waals surface area contributed by atoms with E-state index in [4.69, 9.17) is 0 Å². The summed E-state index contributed by atoms with van der Waals surface area (Å²) in [7, 11) is 0. The van der Waals surface area contributed by atoms with E-state index in [1.54, 1.807) is 13.0 Å². The van der Waals surface area contributed by atoms with Crippen molar-refractivity contribution in [1.29, 1.82) is 0 Å². The molecule has 0 unspecified atom stereocenters. The Bertz CT molecular complexity index is 752. The highest BCUT2D eigenvalue weighted by molar-refractivity contribution is 5.84. The smallest absolute Gasteiger partial charge is 0.200 e. The SMILES string of the molecule is Cc1cc(C)c(C)c(C=Nc2c(F)c(F)c(F)c(F)c2F)c1. The Hall–Kier alpha value is -2.24. The second kappa shape index (κ2) is 5.87. The number of hydrogen-bond acceptors (Lipinski definition) is 1. The second-order valence-electron chi connectivity index (χ2n) is 4.97. The fraction of sp³-hybridized carbons (Fsp3) is 0.188. The lowest BCUT2D eigenvalue weighted by Gasteiger charge is -2.07. The molecule has 0 aliphatic heterocycles. The van der Waals surface area contributed by atoms with Crippen LogP contribution in [0, 0.1) is 49.9 Å². The van der Waals surface area contributed by atoms with E-state index in [0.717, 1.165) is 22.9 Å². The van der Waals surface area contributed by atoms with Crippen LogP contribution in [-0.4, -0.2) is 6.21 Å². The van der Waals surface area contributed by atoms with E-state index in [1.807, 2.05) is 19.9 Å². The molecule has 0 aromatic heterocycles. The third kappa shape index (κ3) is 2.73. The van der Waals surface area contributed by atoms with Crippen LogP contribution in [0.1, 0.15) is 22.3 Å². The van der Waals surface area contributed by atoms with Gasteiger partial charge in [0.05, 0.1) is 0 Å². The summed E-state index contributed by atoms with van der Waals surface area (Å²) in [5.41, 5.74) is 1.97. The van der Waals surface area contributed by atoms with Crippen molar-refractivity contribution in [3.05, 3.63) is 63.5 Å². The van der Waals surface area contributed by atoms with Gasteiger partial charge in [0.25, 0.3) is 0 Å². The van der Waals surface area contributed by atoms with Crippen LogP contribution in [0.5, 0.6) is 0 Å². The molecule has 22 heavy (non-hydrogen) atoms. The summed E-state index contributed by atoms with van der Waals surface area (Å²) in [5, 5.41) is 0. The Morgan fingerprint density at radius 3 is 1.82 bits per heavy atom. The summed E-state index contributed by atoms with van der Waals surface area (Å²) in [4.78, 5) is 3.46. The molecule has 0 bridgehead atoms. The van der Waals surface area contributed by atoms with Crippen molar-refractivity contribution in [2.24, 2.45) is 4.99 Å². The van der Waals surface area contributed by atoms with Gasteiger partial charge in [0, 0.05) is 6.21 Å². The molecule has 0 saturated carbocycles. The molecule has 0 amide bonds. The number of benzene rings is 2. The predicted molar refractivity (Wildman–Crippen MR) is 74.1 cm³/mol. The van der Waals surface area contributed by atoms with Gasteiger partial charge in [-0.05, 0) is 37.5 Å². The van der Waals surface area contributed by atoms with Gasteiger partial charge < -0.3 is 0 Å². The normalized spacial score (nSPS) is 11.5. The summed E-state index contributed by atoms with van der Waals surface area (Å²) >= 11 is 0. The van der Waals surface area contributed by atoms with Gasteiger partial charge in [0.15, 0.2) is 23.3 Å². The Labute approximate surface area is 124 Å². The second-order valence-corrected chi connectivity index (χ2v) is 4.97. The molecule has 0 aliphatic carbocycles. The minimum Gasteiger partial charge on any atom is -0.250 e. The van der Waals surface area contributed by atoms with Gasteiger partial charge in [-0.25, -0.2) is 26.9 Å². The number of nitrogens with zero attached hydrogens (tertiary/aromatic N) is 1. The van der Waals surface area contributed by atoms with Crippen molar-refractivity contribution < 1.29 is 22.0 Å². The van der Waals surface area contributed by atoms with E-state index in [-0.39, 0.29) is 0 Å². The van der Waals surface area contributed by atoms with Gasteiger partial charge in [-0.15, -0.1) is 0 Å². The molecule has 0 saturated heterocycles. The van der Waals surface area contributed by atoms with Crippen molar-refractivity contribution in [2.75, 3.05) is 0 Å². The maximum Gasteiger partial charge on any atom is 0.200 e. The van der Waals surface area contributed by atoms with E-state index in [9.17, 15) is 22.0 Å². The van der Waals surface area contributed by atoms with Crippen LogP contribution in [0.15, 0.2) is 17.1 Å². The van der Waals surface area contributed by atoms with Crippen molar-refractivity contribution >= 4 is 11.9 Å². The highest BCUT2D eigenvalue weighted by Crippen LogP contribution is 2.29. The summed E-state index contributed by atoms with van der Waals surface area (Å²) in [6.45, 7) is 5.44. The van der Waals surface area contributed by atoms with Gasteiger partial charge >= 0.3 is 0 Å². The molecule has 2 aromatic rings. The Morgan fingerprint density at radius 1 is 0.773 bits per heavy atom. The van der Waals surface area contributed by atoms with E-state index in [2.05, 4.69) is 4.99 Å². The lowest BCUT2D eigenvalue weighted by molar-refractivity contribution is 0.381. The number of aliphatic imine (C=N–C) groups is 1. The van der Waals surface area contributed by atoms with Crippen LogP contribution in [0.2, 0.25) is 0 Å². The first-order chi connectivity index (χ1) is 10.2. The first kappa shape index (κ1) is 16.1. The van der Waals surface area contributed by atoms with E-state index >= 15 is 0 Å². The van der Waals surface area contributed by atoms with Crippen LogP contribution >= 0.6 is 0 Å². The standard InChI is InChI=1S/C16H12F5N/c1-7-4-8(2)9(3)10(5-7)6-22-16-14(20)12(18)11(17)13(19)15(16)21/h4-6H,1-3H3. The molecule has 2 aromatic carbocycles. The summed E-state index contributed by atoms with van der Waals surface area (Å²) in [6.07, 6.45) is 1.09. The van der Waals surface area contributed by atoms with Crippen molar-refractivity contribution in [1.82, 2.24) is 0 Å². The van der Waals surface area contributed by atoms with Gasteiger partial charge in [-0.2, -0.15) is 0 Å². The number of halogens is 5. The lowest BCUT2D eigenvalue weighted by atomic mass is 10.0. The minimum atomic E-state index is -2.20. The van der Waals surface area contributed by atoms with Gasteiger partial charge in [-0.3, -0.25) is 0 Å². The lowest BCUT2D eigenvalue weighted by Crippen LogP contribution is -2.01. The molecule has 2 rings (SSSR count). The molecule has 1 nitrogen and oxygen atoms in total. The zero-order valence-electron chi connectivity index (χ0n) is 12.1. The molecule has 0 aliphatic rings. The molecule has 116 valence electrons. The molecule has 6 heteroatoms. The quantitative estimate of drug-likeness (QED) is 0.318. The fourth-order valence-electron chi connectivity index (χ4n) is 2.05. The zero-order chi connectivity index (χ0) is 16.6. The molecule has 0 heterocycles. The molecular weight excluding hydrogens is 301 g/mol. The largest absolute Gasteiger partial charge is 0.250 e. The van der Waals surface area contributed by atoms with Crippen LogP contribution < -0.4 is 0 Å². The third-order valence-corrected chi connectivity index (χ3v) is 3.37. The fourth-order valence-corrected chi connectivity index (χ4v) is 2.05. The van der Waals surface area contributed by atoms with Crippen LogP contribution in [0.3, 0.4) is 0 Å². The number of rotatable bonds is 2. The first-order valence-electron chi connectivity index (χ1n) is 6.37. The van der Waals surface area contributed by atoms with E-state index < -0.39 is 34.8 Å². The number of aryl methyl sites for hydroxylation is 2. The summed E-state index contributed by atoms with van der Waals surface area (Å²) in [6, 6.07) is 3.61. The zero-order valence-corrected chi connectivity index (χ0v) is 12.1. The molecule has 0 radical (unpaired) electrons. The van der Waals surface area contributed by atoms with E-state index in [1.165, 1.54) is 0 Å². The average Bonchev–Trinajstić information content (AvgIpc) is 2.47.